The van der Waals surface area contributed by atoms with Gasteiger partial charge >= 0.3 is 10.2 Å². The van der Waals surface area contributed by atoms with Crippen molar-refractivity contribution in [2.24, 2.45) is 5.92 Å². The Morgan fingerprint density at radius 3 is 2.15 bits per heavy atom. The van der Waals surface area contributed by atoms with Gasteiger partial charge in [0.15, 0.2) is 0 Å². The molecule has 2 saturated carbocycles. The summed E-state index contributed by atoms with van der Waals surface area (Å²) >= 11 is 0. The molecule has 2 aliphatic carbocycles. The molecule has 0 spiro atoms. The average molecular weight is 600 g/mol. The SMILES string of the molecule is O=C1CCCC1C(=O)N(c1ccc(S(F)(F)(F)(F)F)cc1)C(C(=O)NC1CCC(F)(F)CC1)c1cncc(F)c1. The van der Waals surface area contributed by atoms with Gasteiger partial charge in [-0.15, -0.1) is 0 Å². The highest BCUT2D eigenvalue weighted by Crippen LogP contribution is 3.02. The van der Waals surface area contributed by atoms with Crippen LogP contribution in [0.1, 0.15) is 56.6 Å². The molecule has 1 aromatic heterocycles. The van der Waals surface area contributed by atoms with E-state index in [0.717, 1.165) is 18.5 Å². The second-order valence-corrected chi connectivity index (χ2v) is 12.5. The third-order valence-corrected chi connectivity index (χ3v) is 8.18. The predicted octanol–water partition coefficient (Wildman–Crippen LogP) is 7.02. The van der Waals surface area contributed by atoms with Crippen LogP contribution in [0.15, 0.2) is 47.6 Å². The first kappa shape index (κ1) is 29.7. The van der Waals surface area contributed by atoms with Crippen molar-refractivity contribution in [3.05, 3.63) is 54.1 Å². The smallest absolute Gasteiger partial charge is 0.310 e. The van der Waals surface area contributed by atoms with E-state index in [9.17, 15) is 47.0 Å². The van der Waals surface area contributed by atoms with Crippen LogP contribution >= 0.6 is 10.2 Å². The summed E-state index contributed by atoms with van der Waals surface area (Å²) < 4.78 is 108. The maximum Gasteiger partial charge on any atom is 0.310 e. The number of ketones is 1. The van der Waals surface area contributed by atoms with E-state index in [-0.39, 0.29) is 43.4 Å². The minimum Gasteiger partial charge on any atom is -0.351 e. The van der Waals surface area contributed by atoms with Gasteiger partial charge in [-0.25, -0.2) is 13.2 Å². The molecule has 6 nitrogen and oxygen atoms in total. The summed E-state index contributed by atoms with van der Waals surface area (Å²) in [6.07, 6.45) is 0.910. The molecule has 0 radical (unpaired) electrons. The predicted molar refractivity (Wildman–Crippen MR) is 130 cm³/mol. The third kappa shape index (κ3) is 6.73. The van der Waals surface area contributed by atoms with Gasteiger partial charge in [-0.3, -0.25) is 24.3 Å². The van der Waals surface area contributed by atoms with Gasteiger partial charge < -0.3 is 5.32 Å². The van der Waals surface area contributed by atoms with Crippen LogP contribution < -0.4 is 10.2 Å². The number of hydrogen-bond donors (Lipinski definition) is 1. The van der Waals surface area contributed by atoms with Gasteiger partial charge in [0, 0.05) is 42.8 Å². The first-order valence-electron chi connectivity index (χ1n) is 12.3. The van der Waals surface area contributed by atoms with Crippen LogP contribution in [0.2, 0.25) is 0 Å². The minimum absolute atomic E-state index is 0.0298. The lowest BCUT2D eigenvalue weighted by Gasteiger charge is -2.41. The zero-order chi connectivity index (χ0) is 29.6. The standard InChI is InChI=1S/C25H25F8N3O3S/c26-16-12-15(13-34-14-16)22(23(38)35-17-8-10-25(27,28)11-9-17)36(24(39)20-2-1-3-21(20)37)18-4-6-19(7-5-18)40(29,30,31,32)33/h4-7,12-14,17,20,22H,1-3,8-11H2,(H,35,38). The highest BCUT2D eigenvalue weighted by Gasteiger charge is 2.65. The summed E-state index contributed by atoms with van der Waals surface area (Å²) in [6.45, 7) is 0. The van der Waals surface area contributed by atoms with Crippen molar-refractivity contribution in [2.45, 2.75) is 67.8 Å². The second kappa shape index (κ2) is 9.70. The van der Waals surface area contributed by atoms with Crippen LogP contribution in [-0.2, 0) is 14.4 Å². The summed E-state index contributed by atoms with van der Waals surface area (Å²) in [6, 6.07) is -0.538. The van der Waals surface area contributed by atoms with Crippen molar-refractivity contribution in [3.8, 4) is 0 Å². The molecule has 2 unspecified atom stereocenters. The fraction of sp³-hybridized carbons (Fsp3) is 0.440. The van der Waals surface area contributed by atoms with E-state index in [1.807, 2.05) is 0 Å². The highest BCUT2D eigenvalue weighted by molar-refractivity contribution is 8.45. The first-order chi connectivity index (χ1) is 18.3. The number of hydrogen-bond acceptors (Lipinski definition) is 4. The monoisotopic (exact) mass is 599 g/mol. The molecule has 1 heterocycles. The summed E-state index contributed by atoms with van der Waals surface area (Å²) in [4.78, 5) is 41.8. The molecule has 2 atom stereocenters. The number of amides is 2. The number of nitrogens with zero attached hydrogens (tertiary/aromatic N) is 2. The number of benzene rings is 1. The maximum atomic E-state index is 14.2. The van der Waals surface area contributed by atoms with Crippen LogP contribution in [0.25, 0.3) is 0 Å². The summed E-state index contributed by atoms with van der Waals surface area (Å²) in [5, 5.41) is 2.53. The number of anilines is 1. The molecule has 2 fully saturated rings. The largest absolute Gasteiger partial charge is 0.351 e. The molecule has 220 valence electrons. The van der Waals surface area contributed by atoms with Crippen molar-refractivity contribution < 1.29 is 47.0 Å². The Morgan fingerprint density at radius 1 is 1.00 bits per heavy atom. The lowest BCUT2D eigenvalue weighted by molar-refractivity contribution is -0.133. The van der Waals surface area contributed by atoms with Gasteiger partial charge in [0.25, 0.3) is 0 Å². The van der Waals surface area contributed by atoms with E-state index in [1.54, 1.807) is 0 Å². The van der Waals surface area contributed by atoms with Gasteiger partial charge in [0.1, 0.15) is 22.5 Å². The van der Waals surface area contributed by atoms with Crippen LogP contribution in [0, 0.1) is 11.7 Å². The molecule has 2 aliphatic rings. The van der Waals surface area contributed by atoms with Gasteiger partial charge in [-0.1, -0.05) is 19.4 Å². The van der Waals surface area contributed by atoms with Crippen molar-refractivity contribution in [3.63, 3.8) is 0 Å². The van der Waals surface area contributed by atoms with Crippen molar-refractivity contribution in [1.29, 1.82) is 0 Å². The maximum absolute atomic E-state index is 14.2. The lowest BCUT2D eigenvalue weighted by atomic mass is 9.91. The van der Waals surface area contributed by atoms with Crippen molar-refractivity contribution in [2.75, 3.05) is 4.90 Å². The normalized spacial score (nSPS) is 22.2. The molecule has 0 bridgehead atoms. The average Bonchev–Trinajstić information content (AvgIpc) is 3.28. The molecule has 4 rings (SSSR count). The summed E-state index contributed by atoms with van der Waals surface area (Å²) in [5.74, 6) is -7.67. The van der Waals surface area contributed by atoms with E-state index >= 15 is 0 Å². The van der Waals surface area contributed by atoms with E-state index < -0.39 is 81.0 Å². The molecule has 0 aliphatic heterocycles. The number of Topliss-reactive ketones (excluding diaryl/α,β-unsaturated/α-hetero) is 1. The van der Waals surface area contributed by atoms with Crippen molar-refractivity contribution >= 4 is 33.5 Å². The Labute approximate surface area is 223 Å². The Morgan fingerprint density at radius 2 is 1.62 bits per heavy atom. The van der Waals surface area contributed by atoms with Crippen molar-refractivity contribution in [1.82, 2.24) is 10.3 Å². The minimum atomic E-state index is -10.1. The Kier molecular flexibility index (Phi) is 7.21. The van der Waals surface area contributed by atoms with Gasteiger partial charge in [-0.05, 0) is 56.0 Å². The molecule has 2 aromatic rings. The Balaban J connectivity index is 1.80. The fourth-order valence-corrected chi connectivity index (χ4v) is 5.62. The Bertz CT molecular complexity index is 1310. The molecule has 40 heavy (non-hydrogen) atoms. The molecular formula is C25H25F8N3O3S. The third-order valence-electron chi connectivity index (χ3n) is 7.01. The van der Waals surface area contributed by atoms with Crippen LogP contribution in [-0.4, -0.2) is 34.5 Å². The first-order valence-corrected chi connectivity index (χ1v) is 14.3. The molecule has 0 saturated heterocycles. The number of rotatable bonds is 7. The van der Waals surface area contributed by atoms with Gasteiger partial charge in [0.05, 0.1) is 12.1 Å². The highest BCUT2D eigenvalue weighted by atomic mass is 32.5. The zero-order valence-electron chi connectivity index (χ0n) is 20.8. The number of nitrogens with one attached hydrogen (secondary N) is 1. The van der Waals surface area contributed by atoms with E-state index in [4.69, 9.17) is 0 Å². The summed E-state index contributed by atoms with van der Waals surface area (Å²) in [7, 11) is -10.1. The van der Waals surface area contributed by atoms with E-state index in [1.165, 1.54) is 0 Å². The van der Waals surface area contributed by atoms with Crippen LogP contribution in [0.5, 0.6) is 0 Å². The Hall–Kier alpha value is -3.23. The zero-order valence-corrected chi connectivity index (χ0v) is 21.6. The quantitative estimate of drug-likeness (QED) is 0.274. The number of aromatic nitrogens is 1. The van der Waals surface area contributed by atoms with Gasteiger partial charge in [-0.2, -0.15) is 0 Å². The second-order valence-electron chi connectivity index (χ2n) is 10.1. The number of carbonyl (C=O) groups is 3. The molecule has 1 N–H and O–H groups in total. The molecule has 2 amide bonds. The molecule has 1 aromatic carbocycles. The molecular weight excluding hydrogens is 574 g/mol. The van der Waals surface area contributed by atoms with E-state index in [0.29, 0.717) is 23.5 Å². The van der Waals surface area contributed by atoms with Crippen LogP contribution in [0.4, 0.5) is 38.3 Å². The number of carbonyl (C=O) groups excluding carboxylic acids is 3. The number of halogens is 8. The summed E-state index contributed by atoms with van der Waals surface area (Å²) in [5.41, 5.74) is -0.691. The van der Waals surface area contributed by atoms with E-state index in [2.05, 4.69) is 10.3 Å². The fourth-order valence-electron chi connectivity index (χ4n) is 4.97. The lowest BCUT2D eigenvalue weighted by Crippen LogP contribution is -2.50. The number of pyridine rings is 1. The van der Waals surface area contributed by atoms with Crippen LogP contribution in [0.3, 0.4) is 0 Å². The number of alkyl halides is 2. The molecule has 15 heteroatoms. The topological polar surface area (TPSA) is 79.4 Å². The van der Waals surface area contributed by atoms with Gasteiger partial charge in [0.2, 0.25) is 17.7 Å².